The lowest BCUT2D eigenvalue weighted by atomic mass is 10.0. The molecule has 7 nitrogen and oxygen atoms in total. The summed E-state index contributed by atoms with van der Waals surface area (Å²) in [4.78, 5) is 10.7. The second-order valence-electron chi connectivity index (χ2n) is 5.91. The molecule has 0 saturated heterocycles. The van der Waals surface area contributed by atoms with Crippen molar-refractivity contribution in [2.45, 2.75) is 13.3 Å². The number of anilines is 1. The number of nitrogens with zero attached hydrogens (tertiary/aromatic N) is 5. The Morgan fingerprint density at radius 3 is 2.64 bits per heavy atom. The van der Waals surface area contributed by atoms with Gasteiger partial charge in [0.1, 0.15) is 12.1 Å². The van der Waals surface area contributed by atoms with E-state index < -0.39 is 10.8 Å². The van der Waals surface area contributed by atoms with Gasteiger partial charge in [-0.05, 0) is 24.5 Å². The van der Waals surface area contributed by atoms with E-state index in [1.165, 1.54) is 6.33 Å². The number of aryl methyl sites for hydroxylation is 2. The van der Waals surface area contributed by atoms with Gasteiger partial charge in [-0.2, -0.15) is 14.6 Å². The minimum atomic E-state index is -1.19. The van der Waals surface area contributed by atoms with Gasteiger partial charge in [-0.15, -0.1) is 0 Å². The molecule has 0 bridgehead atoms. The largest absolute Gasteiger partial charge is 0.362 e. The molecule has 0 fully saturated rings. The van der Waals surface area contributed by atoms with Crippen LogP contribution in [0.1, 0.15) is 11.3 Å². The van der Waals surface area contributed by atoms with Gasteiger partial charge >= 0.3 is 0 Å². The Bertz CT molecular complexity index is 932. The van der Waals surface area contributed by atoms with E-state index in [4.69, 9.17) is 5.41 Å². The zero-order valence-electron chi connectivity index (χ0n) is 14.4. The summed E-state index contributed by atoms with van der Waals surface area (Å²) in [5, 5.41) is 11.3. The second kappa shape index (κ2) is 7.10. The fourth-order valence-electron chi connectivity index (χ4n) is 2.80. The summed E-state index contributed by atoms with van der Waals surface area (Å²) in [6, 6.07) is 8.15. The number of nitrogens with one attached hydrogen (secondary N) is 1. The average molecular weight is 356 g/mol. The first-order valence-electron chi connectivity index (χ1n) is 7.86. The van der Waals surface area contributed by atoms with E-state index in [1.54, 1.807) is 4.52 Å². The summed E-state index contributed by atoms with van der Waals surface area (Å²) in [6.07, 6.45) is 2.19. The average Bonchev–Trinajstić information content (AvgIpc) is 3.06. The molecule has 0 spiro atoms. The van der Waals surface area contributed by atoms with Gasteiger partial charge in [0, 0.05) is 25.4 Å². The van der Waals surface area contributed by atoms with Crippen LogP contribution in [-0.2, 0) is 17.2 Å². The molecule has 1 atom stereocenters. The van der Waals surface area contributed by atoms with E-state index in [-0.39, 0.29) is 0 Å². The molecule has 8 heteroatoms. The maximum absolute atomic E-state index is 11.4. The maximum atomic E-state index is 11.4. The molecule has 0 aliphatic carbocycles. The lowest BCUT2D eigenvalue weighted by Gasteiger charge is -2.20. The van der Waals surface area contributed by atoms with E-state index in [9.17, 15) is 4.21 Å². The van der Waals surface area contributed by atoms with Crippen LogP contribution >= 0.6 is 0 Å². The zero-order valence-corrected chi connectivity index (χ0v) is 15.2. The topological polar surface area (TPSA) is 87.2 Å². The second-order valence-corrected chi connectivity index (χ2v) is 7.32. The fraction of sp³-hybridized carbons (Fsp3) is 0.294. The Morgan fingerprint density at radius 2 is 2.00 bits per heavy atom. The summed E-state index contributed by atoms with van der Waals surface area (Å²) >= 11 is 0. The van der Waals surface area contributed by atoms with Crippen molar-refractivity contribution in [2.75, 3.05) is 24.7 Å². The van der Waals surface area contributed by atoms with Gasteiger partial charge in [0.15, 0.2) is 0 Å². The summed E-state index contributed by atoms with van der Waals surface area (Å²) in [6.45, 7) is 1.97. The van der Waals surface area contributed by atoms with Crippen molar-refractivity contribution >= 4 is 27.9 Å². The van der Waals surface area contributed by atoms with Gasteiger partial charge in [-0.1, -0.05) is 24.3 Å². The Labute approximate surface area is 148 Å². The molecule has 3 rings (SSSR count). The molecule has 130 valence electrons. The summed E-state index contributed by atoms with van der Waals surface area (Å²) in [5.74, 6) is 1.98. The Kier molecular flexibility index (Phi) is 4.89. The molecule has 2 aromatic heterocycles. The lowest BCUT2D eigenvalue weighted by Crippen LogP contribution is -2.17. The van der Waals surface area contributed by atoms with Crippen LogP contribution in [0.2, 0.25) is 0 Å². The van der Waals surface area contributed by atoms with Gasteiger partial charge in [0.05, 0.1) is 22.0 Å². The normalized spacial score (nSPS) is 12.3. The SMILES string of the molecule is Cc1nc2ncnn2c(N(C)C)c1-c1ccc(CCS(=O)C=N)cc1. The van der Waals surface area contributed by atoms with Crippen LogP contribution in [0.25, 0.3) is 16.9 Å². The van der Waals surface area contributed by atoms with E-state index in [0.29, 0.717) is 18.0 Å². The van der Waals surface area contributed by atoms with Gasteiger partial charge in [0.2, 0.25) is 0 Å². The highest BCUT2D eigenvalue weighted by atomic mass is 32.2. The van der Waals surface area contributed by atoms with Gasteiger partial charge in [-0.25, -0.2) is 4.98 Å². The number of hydrogen-bond acceptors (Lipinski definition) is 6. The summed E-state index contributed by atoms with van der Waals surface area (Å²) < 4.78 is 13.1. The van der Waals surface area contributed by atoms with Gasteiger partial charge < -0.3 is 4.90 Å². The number of aromatic nitrogens is 4. The Hall–Kier alpha value is -2.61. The van der Waals surface area contributed by atoms with Crippen molar-refractivity contribution in [1.82, 2.24) is 19.6 Å². The minimum absolute atomic E-state index is 0.470. The van der Waals surface area contributed by atoms with E-state index >= 15 is 0 Å². The highest BCUT2D eigenvalue weighted by Crippen LogP contribution is 2.32. The summed E-state index contributed by atoms with van der Waals surface area (Å²) in [7, 11) is 2.76. The van der Waals surface area contributed by atoms with Crippen LogP contribution in [0.5, 0.6) is 0 Å². The van der Waals surface area contributed by atoms with Crippen molar-refractivity contribution in [3.63, 3.8) is 0 Å². The van der Waals surface area contributed by atoms with Crippen LogP contribution in [0, 0.1) is 12.3 Å². The molecule has 1 unspecified atom stereocenters. The van der Waals surface area contributed by atoms with Crippen molar-refractivity contribution in [1.29, 1.82) is 5.41 Å². The number of benzene rings is 1. The van der Waals surface area contributed by atoms with Crippen LogP contribution in [0.4, 0.5) is 5.82 Å². The number of fused-ring (bicyclic) bond motifs is 1. The van der Waals surface area contributed by atoms with Crippen molar-refractivity contribution in [3.8, 4) is 11.1 Å². The molecule has 0 radical (unpaired) electrons. The molecule has 2 heterocycles. The Morgan fingerprint density at radius 1 is 1.28 bits per heavy atom. The third-order valence-corrected chi connectivity index (χ3v) is 4.84. The third-order valence-electron chi connectivity index (χ3n) is 3.97. The monoisotopic (exact) mass is 356 g/mol. The molecule has 1 N–H and O–H groups in total. The van der Waals surface area contributed by atoms with Crippen LogP contribution < -0.4 is 4.90 Å². The maximum Gasteiger partial charge on any atom is 0.254 e. The molecule has 25 heavy (non-hydrogen) atoms. The van der Waals surface area contributed by atoms with E-state index in [1.807, 2.05) is 50.2 Å². The number of rotatable bonds is 6. The van der Waals surface area contributed by atoms with Crippen LogP contribution in [0.15, 0.2) is 30.6 Å². The van der Waals surface area contributed by atoms with Crippen molar-refractivity contribution in [3.05, 3.63) is 41.9 Å². The predicted molar refractivity (Wildman–Crippen MR) is 101 cm³/mol. The lowest BCUT2D eigenvalue weighted by molar-refractivity contribution is 0.689. The van der Waals surface area contributed by atoms with Gasteiger partial charge in [-0.3, -0.25) is 9.62 Å². The van der Waals surface area contributed by atoms with Gasteiger partial charge in [0.25, 0.3) is 5.78 Å². The van der Waals surface area contributed by atoms with E-state index in [2.05, 4.69) is 15.1 Å². The third kappa shape index (κ3) is 3.43. The standard InChI is InChI=1S/C17H20N6OS/c1-12-15(16(22(2)3)23-17(21-12)19-11-20-23)14-6-4-13(5-7-14)8-9-25(24)10-18/h4-7,10-11,18H,8-9H2,1-3H3. The van der Waals surface area contributed by atoms with Crippen LogP contribution in [0.3, 0.4) is 0 Å². The number of hydrogen-bond donors (Lipinski definition) is 1. The highest BCUT2D eigenvalue weighted by Gasteiger charge is 2.17. The first-order valence-corrected chi connectivity index (χ1v) is 9.24. The molecule has 1 aromatic carbocycles. The molecular formula is C17H20N6OS. The first kappa shape index (κ1) is 17.2. The van der Waals surface area contributed by atoms with E-state index in [0.717, 1.165) is 33.7 Å². The predicted octanol–water partition coefficient (Wildman–Crippen LogP) is 2.06. The minimum Gasteiger partial charge on any atom is -0.362 e. The molecule has 3 aromatic rings. The smallest absolute Gasteiger partial charge is 0.254 e. The molecule has 0 saturated carbocycles. The summed E-state index contributed by atoms with van der Waals surface area (Å²) in [5.41, 5.74) is 5.03. The molecule has 0 aliphatic rings. The zero-order chi connectivity index (χ0) is 18.0. The molecule has 0 amide bonds. The first-order chi connectivity index (χ1) is 12.0. The molecular weight excluding hydrogens is 336 g/mol. The Balaban J connectivity index is 2.01. The van der Waals surface area contributed by atoms with Crippen molar-refractivity contribution < 1.29 is 4.21 Å². The van der Waals surface area contributed by atoms with Crippen LogP contribution in [-0.4, -0.2) is 49.2 Å². The fourth-order valence-corrected chi connectivity index (χ4v) is 3.36. The van der Waals surface area contributed by atoms with Crippen molar-refractivity contribution in [2.24, 2.45) is 0 Å². The highest BCUT2D eigenvalue weighted by molar-refractivity contribution is 7.98. The quantitative estimate of drug-likeness (QED) is 0.540. The molecule has 0 aliphatic heterocycles.